The highest BCUT2D eigenvalue weighted by Crippen LogP contribution is 2.27. The maximum atomic E-state index is 12.7. The maximum absolute atomic E-state index is 12.7. The topological polar surface area (TPSA) is 55.1 Å². The number of nitrogens with zero attached hydrogens (tertiary/aromatic N) is 1. The Hall–Kier alpha value is -2.88. The van der Waals surface area contributed by atoms with E-state index in [0.717, 1.165) is 22.4 Å². The van der Waals surface area contributed by atoms with Gasteiger partial charge in [0.15, 0.2) is 5.76 Å². The molecule has 0 radical (unpaired) electrons. The molecule has 0 unspecified atom stereocenters. The van der Waals surface area contributed by atoms with E-state index in [9.17, 15) is 4.79 Å². The van der Waals surface area contributed by atoms with Crippen molar-refractivity contribution in [2.45, 2.75) is 20.8 Å². The molecule has 23 heavy (non-hydrogen) atoms. The van der Waals surface area contributed by atoms with Gasteiger partial charge in [-0.1, -0.05) is 47.6 Å². The Bertz CT molecular complexity index is 851. The summed E-state index contributed by atoms with van der Waals surface area (Å²) < 4.78 is 5.38. The number of nitrogens with one attached hydrogen (secondary N) is 1. The highest BCUT2D eigenvalue weighted by atomic mass is 16.5. The molecule has 4 nitrogen and oxygen atoms in total. The van der Waals surface area contributed by atoms with Crippen LogP contribution in [-0.2, 0) is 0 Å². The van der Waals surface area contributed by atoms with Gasteiger partial charge in [0, 0.05) is 11.3 Å². The first-order valence-corrected chi connectivity index (χ1v) is 7.47. The Morgan fingerprint density at radius 3 is 2.48 bits per heavy atom. The molecule has 0 atom stereocenters. The lowest BCUT2D eigenvalue weighted by Gasteiger charge is -2.10. The number of aromatic nitrogens is 1. The summed E-state index contributed by atoms with van der Waals surface area (Å²) in [6.07, 6.45) is 0. The zero-order chi connectivity index (χ0) is 16.4. The van der Waals surface area contributed by atoms with Crippen LogP contribution in [0.4, 0.5) is 5.69 Å². The molecule has 1 aromatic heterocycles. The van der Waals surface area contributed by atoms with Gasteiger partial charge in [-0.25, -0.2) is 0 Å². The van der Waals surface area contributed by atoms with Crippen LogP contribution >= 0.6 is 0 Å². The van der Waals surface area contributed by atoms with Crippen molar-refractivity contribution >= 4 is 11.6 Å². The van der Waals surface area contributed by atoms with Crippen LogP contribution in [0.25, 0.3) is 11.3 Å². The average Bonchev–Trinajstić information content (AvgIpc) is 2.94. The number of amides is 1. The minimum absolute atomic E-state index is 0.212. The van der Waals surface area contributed by atoms with Gasteiger partial charge >= 0.3 is 0 Å². The van der Waals surface area contributed by atoms with Crippen LogP contribution in [0.1, 0.15) is 27.2 Å². The molecule has 0 spiro atoms. The first kappa shape index (κ1) is 15.0. The molecule has 3 rings (SSSR count). The summed E-state index contributed by atoms with van der Waals surface area (Å²) in [4.78, 5) is 12.7. The Balaban J connectivity index is 1.97. The number of carbonyl (C=O) groups excluding carboxylic acids is 1. The molecule has 0 saturated heterocycles. The maximum Gasteiger partial charge on any atom is 0.261 e. The number of rotatable bonds is 3. The fourth-order valence-corrected chi connectivity index (χ4v) is 2.50. The number of hydrogen-bond acceptors (Lipinski definition) is 3. The number of benzene rings is 2. The van der Waals surface area contributed by atoms with Gasteiger partial charge in [0.1, 0.15) is 5.56 Å². The molecule has 2 aromatic carbocycles. The Morgan fingerprint density at radius 2 is 1.74 bits per heavy atom. The summed E-state index contributed by atoms with van der Waals surface area (Å²) in [5.74, 6) is 0.280. The van der Waals surface area contributed by atoms with Gasteiger partial charge in [-0.15, -0.1) is 0 Å². The smallest absolute Gasteiger partial charge is 0.261 e. The zero-order valence-corrected chi connectivity index (χ0v) is 13.4. The second-order valence-electron chi connectivity index (χ2n) is 5.54. The van der Waals surface area contributed by atoms with E-state index in [0.29, 0.717) is 17.0 Å². The van der Waals surface area contributed by atoms with Crippen LogP contribution in [0.2, 0.25) is 0 Å². The molecule has 1 N–H and O–H groups in total. The van der Waals surface area contributed by atoms with Crippen molar-refractivity contribution in [3.05, 3.63) is 70.9 Å². The third kappa shape index (κ3) is 2.88. The van der Waals surface area contributed by atoms with E-state index in [1.165, 1.54) is 0 Å². The van der Waals surface area contributed by atoms with Gasteiger partial charge < -0.3 is 9.84 Å². The number of anilines is 1. The average molecular weight is 306 g/mol. The standard InChI is InChI=1S/C19H18N2O2/c1-12-8-7-11-16(13(12)2)20-19(22)17-14(3)21-23-18(17)15-9-5-4-6-10-15/h4-11H,1-3H3,(H,20,22). The third-order valence-corrected chi connectivity index (χ3v) is 3.98. The number of hydrogen-bond donors (Lipinski definition) is 1. The summed E-state index contributed by atoms with van der Waals surface area (Å²) >= 11 is 0. The summed E-state index contributed by atoms with van der Waals surface area (Å²) in [5.41, 5.74) is 4.86. The molecule has 4 heteroatoms. The van der Waals surface area contributed by atoms with Crippen LogP contribution in [0, 0.1) is 20.8 Å². The van der Waals surface area contributed by atoms with Crippen molar-refractivity contribution in [2.75, 3.05) is 5.32 Å². The molecule has 0 aliphatic carbocycles. The van der Waals surface area contributed by atoms with Crippen LogP contribution < -0.4 is 5.32 Å². The van der Waals surface area contributed by atoms with E-state index in [1.807, 2.05) is 62.4 Å². The van der Waals surface area contributed by atoms with E-state index in [4.69, 9.17) is 4.52 Å². The first-order valence-electron chi connectivity index (χ1n) is 7.47. The molecule has 1 heterocycles. The highest BCUT2D eigenvalue weighted by Gasteiger charge is 2.22. The first-order chi connectivity index (χ1) is 11.1. The normalized spacial score (nSPS) is 10.6. The van der Waals surface area contributed by atoms with Gasteiger partial charge in [0.05, 0.1) is 5.69 Å². The molecule has 116 valence electrons. The monoisotopic (exact) mass is 306 g/mol. The highest BCUT2D eigenvalue weighted by molar-refractivity contribution is 6.09. The summed E-state index contributed by atoms with van der Waals surface area (Å²) in [6.45, 7) is 5.78. The van der Waals surface area contributed by atoms with E-state index in [-0.39, 0.29) is 5.91 Å². The van der Waals surface area contributed by atoms with Crippen molar-refractivity contribution in [2.24, 2.45) is 0 Å². The predicted octanol–water partition coefficient (Wildman–Crippen LogP) is 4.52. The fraction of sp³-hybridized carbons (Fsp3) is 0.158. The Kier molecular flexibility index (Phi) is 3.98. The SMILES string of the molecule is Cc1cccc(NC(=O)c2c(C)noc2-c2ccccc2)c1C. The summed E-state index contributed by atoms with van der Waals surface area (Å²) in [6, 6.07) is 15.4. The molecule has 0 aliphatic heterocycles. The summed E-state index contributed by atoms with van der Waals surface area (Å²) in [5, 5.41) is 6.93. The lowest BCUT2D eigenvalue weighted by Crippen LogP contribution is -2.14. The minimum atomic E-state index is -0.212. The van der Waals surface area contributed by atoms with Gasteiger partial charge in [-0.05, 0) is 38.0 Å². The molecule has 0 aliphatic rings. The molecular formula is C19H18N2O2. The van der Waals surface area contributed by atoms with Gasteiger partial charge in [-0.2, -0.15) is 0 Å². The fourth-order valence-electron chi connectivity index (χ4n) is 2.50. The van der Waals surface area contributed by atoms with Crippen LogP contribution in [0.3, 0.4) is 0 Å². The largest absolute Gasteiger partial charge is 0.355 e. The lowest BCUT2D eigenvalue weighted by molar-refractivity contribution is 0.102. The quantitative estimate of drug-likeness (QED) is 0.774. The molecule has 0 fully saturated rings. The van der Waals surface area contributed by atoms with E-state index >= 15 is 0 Å². The van der Waals surface area contributed by atoms with Crippen molar-refractivity contribution in [1.29, 1.82) is 0 Å². The van der Waals surface area contributed by atoms with Crippen LogP contribution in [0.5, 0.6) is 0 Å². The number of carbonyl (C=O) groups is 1. The van der Waals surface area contributed by atoms with E-state index < -0.39 is 0 Å². The Labute approximate surface area is 135 Å². The van der Waals surface area contributed by atoms with Gasteiger partial charge in [-0.3, -0.25) is 4.79 Å². The van der Waals surface area contributed by atoms with Crippen LogP contribution in [-0.4, -0.2) is 11.1 Å². The van der Waals surface area contributed by atoms with Gasteiger partial charge in [0.2, 0.25) is 0 Å². The second kappa shape index (κ2) is 6.08. The lowest BCUT2D eigenvalue weighted by atomic mass is 10.1. The third-order valence-electron chi connectivity index (χ3n) is 3.98. The number of aryl methyl sites for hydroxylation is 2. The molecule has 0 bridgehead atoms. The van der Waals surface area contributed by atoms with Crippen LogP contribution in [0.15, 0.2) is 53.1 Å². The van der Waals surface area contributed by atoms with Crippen molar-refractivity contribution in [3.8, 4) is 11.3 Å². The zero-order valence-electron chi connectivity index (χ0n) is 13.4. The minimum Gasteiger partial charge on any atom is -0.355 e. The summed E-state index contributed by atoms with van der Waals surface area (Å²) in [7, 11) is 0. The van der Waals surface area contributed by atoms with Crippen molar-refractivity contribution in [3.63, 3.8) is 0 Å². The molecule has 3 aromatic rings. The predicted molar refractivity (Wildman–Crippen MR) is 90.5 cm³/mol. The van der Waals surface area contributed by atoms with Gasteiger partial charge in [0.25, 0.3) is 5.91 Å². The molecular weight excluding hydrogens is 288 g/mol. The van der Waals surface area contributed by atoms with Crippen molar-refractivity contribution < 1.29 is 9.32 Å². The second-order valence-corrected chi connectivity index (χ2v) is 5.54. The molecule has 1 amide bonds. The van der Waals surface area contributed by atoms with E-state index in [2.05, 4.69) is 10.5 Å². The van der Waals surface area contributed by atoms with E-state index in [1.54, 1.807) is 6.92 Å². The van der Waals surface area contributed by atoms with Crippen molar-refractivity contribution in [1.82, 2.24) is 5.16 Å². The molecule has 0 saturated carbocycles. The Morgan fingerprint density at radius 1 is 1.00 bits per heavy atom.